The van der Waals surface area contributed by atoms with Crippen LogP contribution in [0.1, 0.15) is 0 Å². The molecule has 0 fully saturated rings. The van der Waals surface area contributed by atoms with Gasteiger partial charge in [0.1, 0.15) is 3.57 Å². The maximum Gasteiger partial charge on any atom is 0.268 e. The molecule has 0 unspecified atom stereocenters. The van der Waals surface area contributed by atoms with Gasteiger partial charge in [-0.05, 0) is 60.5 Å². The lowest BCUT2D eigenvalue weighted by atomic mass is 10.4. The molecule has 84 valence electrons. The molecule has 0 atom stereocenters. The van der Waals surface area contributed by atoms with E-state index in [1.165, 1.54) is 11.3 Å². The molecule has 2 aromatic rings. The fourth-order valence-corrected chi connectivity index (χ4v) is 3.26. The molecule has 0 bridgehead atoms. The molecule has 16 heavy (non-hydrogen) atoms. The molecule has 4 nitrogen and oxygen atoms in total. The van der Waals surface area contributed by atoms with E-state index in [9.17, 15) is 9.90 Å². The van der Waals surface area contributed by atoms with Crippen molar-refractivity contribution in [1.29, 1.82) is 0 Å². The van der Waals surface area contributed by atoms with E-state index in [4.69, 9.17) is 0 Å². The molecule has 0 spiro atoms. The maximum atomic E-state index is 11.4. The lowest BCUT2D eigenvalue weighted by molar-refractivity contribution is 0.447. The summed E-state index contributed by atoms with van der Waals surface area (Å²) in [6.07, 6.45) is 0. The van der Waals surface area contributed by atoms with Gasteiger partial charge >= 0.3 is 0 Å². The summed E-state index contributed by atoms with van der Waals surface area (Å²) < 4.78 is 1.98. The highest BCUT2D eigenvalue weighted by atomic mass is 127. The highest BCUT2D eigenvalue weighted by molar-refractivity contribution is 14.1. The number of aromatic nitrogens is 2. The molecule has 0 aliphatic heterocycles. The van der Waals surface area contributed by atoms with Crippen LogP contribution in [-0.2, 0) is 0 Å². The molecule has 2 heterocycles. The summed E-state index contributed by atoms with van der Waals surface area (Å²) in [5.41, 5.74) is -0.344. The number of nitrogens with zero attached hydrogens (tertiary/aromatic N) is 1. The molecule has 0 saturated carbocycles. The summed E-state index contributed by atoms with van der Waals surface area (Å²) in [6.45, 7) is 0. The molecule has 0 saturated heterocycles. The van der Waals surface area contributed by atoms with Crippen LogP contribution in [0.4, 0.5) is 0 Å². The van der Waals surface area contributed by atoms with Crippen LogP contribution < -0.4 is 5.56 Å². The van der Waals surface area contributed by atoms with Crippen molar-refractivity contribution >= 4 is 65.8 Å². The smallest absolute Gasteiger partial charge is 0.268 e. The van der Waals surface area contributed by atoms with Gasteiger partial charge in [0.2, 0.25) is 5.88 Å². The van der Waals surface area contributed by atoms with Crippen LogP contribution in [0.2, 0.25) is 0 Å². The molecule has 0 aliphatic carbocycles. The van der Waals surface area contributed by atoms with Gasteiger partial charge in [-0.15, -0.1) is 11.3 Å². The number of hydrogen-bond acceptors (Lipinski definition) is 4. The summed E-state index contributed by atoms with van der Waals surface area (Å²) >= 11 is 9.86. The fourth-order valence-electron chi connectivity index (χ4n) is 1.03. The number of aromatic hydroxyl groups is 1. The number of nitrogens with one attached hydrogen (secondary N) is 1. The van der Waals surface area contributed by atoms with Gasteiger partial charge in [0.15, 0.2) is 5.82 Å². The predicted octanol–water partition coefficient (Wildman–Crippen LogP) is 3.33. The van der Waals surface area contributed by atoms with Crippen LogP contribution in [0, 0.1) is 3.57 Å². The minimum atomic E-state index is -0.344. The zero-order valence-electron chi connectivity index (χ0n) is 7.42. The van der Waals surface area contributed by atoms with Crippen LogP contribution in [0.25, 0.3) is 10.7 Å². The van der Waals surface area contributed by atoms with Gasteiger partial charge < -0.3 is 10.1 Å². The highest BCUT2D eigenvalue weighted by Gasteiger charge is 2.12. The summed E-state index contributed by atoms with van der Waals surface area (Å²) in [6, 6.07) is 1.82. The lowest BCUT2D eigenvalue weighted by Crippen LogP contribution is -2.11. The van der Waals surface area contributed by atoms with Gasteiger partial charge in [-0.25, -0.2) is 0 Å². The zero-order valence-corrected chi connectivity index (χ0v) is 13.6. The number of rotatable bonds is 1. The van der Waals surface area contributed by atoms with Crippen molar-refractivity contribution in [3.8, 4) is 16.6 Å². The monoisotopic (exact) mass is 476 g/mol. The van der Waals surface area contributed by atoms with Crippen molar-refractivity contribution in [3.05, 3.63) is 28.2 Å². The van der Waals surface area contributed by atoms with Crippen molar-refractivity contribution in [2.24, 2.45) is 0 Å². The molecule has 0 aliphatic rings. The molecule has 0 aromatic carbocycles. The molecule has 0 radical (unpaired) electrons. The quantitative estimate of drug-likeness (QED) is 0.619. The first-order chi connectivity index (χ1) is 7.49. The second kappa shape index (κ2) is 4.75. The molecule has 2 aromatic heterocycles. The molecule has 2 rings (SSSR count). The Bertz CT molecular complexity index is 591. The summed E-state index contributed by atoms with van der Waals surface area (Å²) in [5, 5.41) is 9.46. The number of hydrogen-bond donors (Lipinski definition) is 2. The van der Waals surface area contributed by atoms with E-state index in [2.05, 4.69) is 41.8 Å². The normalized spacial score (nSPS) is 10.7. The van der Waals surface area contributed by atoms with Gasteiger partial charge in [0, 0.05) is 4.47 Å². The van der Waals surface area contributed by atoms with Crippen molar-refractivity contribution < 1.29 is 5.11 Å². The van der Waals surface area contributed by atoms with Crippen LogP contribution in [0.15, 0.2) is 19.1 Å². The van der Waals surface area contributed by atoms with Gasteiger partial charge in [-0.3, -0.25) is 4.79 Å². The molecular formula is C8H3Br2IN2O2S. The third-order valence-electron chi connectivity index (χ3n) is 1.72. The number of H-pyrrole nitrogens is 1. The largest absolute Gasteiger partial charge is 0.492 e. The summed E-state index contributed by atoms with van der Waals surface area (Å²) in [5.74, 6) is 0.110. The van der Waals surface area contributed by atoms with Crippen molar-refractivity contribution in [2.45, 2.75) is 0 Å². The predicted molar refractivity (Wildman–Crippen MR) is 78.0 cm³/mol. The Morgan fingerprint density at radius 3 is 2.69 bits per heavy atom. The van der Waals surface area contributed by atoms with E-state index >= 15 is 0 Å². The Balaban J connectivity index is 2.61. The Hall–Kier alpha value is 0.0700. The third-order valence-corrected chi connectivity index (χ3v) is 5.96. The fraction of sp³-hybridized carbons (Fsp3) is 0. The third kappa shape index (κ3) is 2.34. The van der Waals surface area contributed by atoms with E-state index < -0.39 is 0 Å². The molecular weight excluding hydrogens is 475 g/mol. The Morgan fingerprint density at radius 2 is 2.19 bits per heavy atom. The standard InChI is InChI=1S/C8H3Br2IN2O2S/c9-2-1-3(16-5(2)10)6-12-7(14)4(11)8(15)13-6/h1H,(H2,12,13,14,15). The van der Waals surface area contributed by atoms with Crippen molar-refractivity contribution in [2.75, 3.05) is 0 Å². The van der Waals surface area contributed by atoms with Crippen LogP contribution in [-0.4, -0.2) is 15.1 Å². The first-order valence-corrected chi connectivity index (χ1v) is 7.41. The van der Waals surface area contributed by atoms with Gasteiger partial charge in [0.25, 0.3) is 5.56 Å². The number of aromatic amines is 1. The van der Waals surface area contributed by atoms with Crippen LogP contribution >= 0.6 is 65.8 Å². The number of halogens is 3. The second-order valence-corrected chi connectivity index (χ2v) is 7.09. The van der Waals surface area contributed by atoms with Crippen molar-refractivity contribution in [1.82, 2.24) is 9.97 Å². The van der Waals surface area contributed by atoms with Gasteiger partial charge in [-0.1, -0.05) is 0 Å². The topological polar surface area (TPSA) is 66.0 Å². The maximum absolute atomic E-state index is 11.4. The van der Waals surface area contributed by atoms with E-state index in [0.29, 0.717) is 5.82 Å². The number of thiophene rings is 1. The SMILES string of the molecule is O=c1[nH]c(-c2cc(Br)c(Br)s2)nc(O)c1I. The zero-order chi connectivity index (χ0) is 11.9. The molecule has 2 N–H and O–H groups in total. The first kappa shape index (κ1) is 12.5. The van der Waals surface area contributed by atoms with E-state index in [1.54, 1.807) is 22.6 Å². The van der Waals surface area contributed by atoms with Gasteiger partial charge in [0.05, 0.1) is 8.66 Å². The van der Waals surface area contributed by atoms with E-state index in [-0.39, 0.29) is 15.0 Å². The summed E-state index contributed by atoms with van der Waals surface area (Å²) in [4.78, 5) is 18.7. The Labute approximate surface area is 125 Å². The Morgan fingerprint density at radius 1 is 1.50 bits per heavy atom. The minimum Gasteiger partial charge on any atom is -0.492 e. The molecule has 0 amide bonds. The van der Waals surface area contributed by atoms with Gasteiger partial charge in [-0.2, -0.15) is 4.98 Å². The van der Waals surface area contributed by atoms with Crippen LogP contribution in [0.5, 0.6) is 5.88 Å². The highest BCUT2D eigenvalue weighted by Crippen LogP contribution is 2.37. The average Bonchev–Trinajstić information content (AvgIpc) is 2.55. The van der Waals surface area contributed by atoms with E-state index in [0.717, 1.165) is 13.1 Å². The summed E-state index contributed by atoms with van der Waals surface area (Å²) in [7, 11) is 0. The molecule has 8 heteroatoms. The van der Waals surface area contributed by atoms with E-state index in [1.807, 2.05) is 6.07 Å². The Kier molecular flexibility index (Phi) is 3.72. The average molecular weight is 478 g/mol. The van der Waals surface area contributed by atoms with Crippen molar-refractivity contribution in [3.63, 3.8) is 0 Å². The minimum absolute atomic E-state index is 0.191. The first-order valence-electron chi connectivity index (χ1n) is 3.93. The van der Waals surface area contributed by atoms with Crippen LogP contribution in [0.3, 0.4) is 0 Å². The lowest BCUT2D eigenvalue weighted by Gasteiger charge is -1.98. The second-order valence-electron chi connectivity index (χ2n) is 2.78.